The van der Waals surface area contributed by atoms with Gasteiger partial charge in [0.1, 0.15) is 11.2 Å². The van der Waals surface area contributed by atoms with Crippen LogP contribution in [0.4, 0.5) is 8.78 Å². The molecule has 1 saturated carbocycles. The molecule has 1 saturated heterocycles. The number of amides is 2. The number of allylic oxidation sites excluding steroid dienone is 1. The lowest BCUT2D eigenvalue weighted by atomic mass is 9.82. The number of halogens is 2. The Morgan fingerprint density at radius 3 is 2.46 bits per heavy atom. The Morgan fingerprint density at radius 2 is 1.84 bits per heavy atom. The Labute approximate surface area is 215 Å². The average Bonchev–Trinajstić information content (AvgIpc) is 3.49. The lowest BCUT2D eigenvalue weighted by Gasteiger charge is -2.45. The summed E-state index contributed by atoms with van der Waals surface area (Å²) in [6.07, 6.45) is 5.65. The number of aliphatic imine (C=N–C) groups is 1. The monoisotopic (exact) mass is 512 g/mol. The molecule has 0 aromatic carbocycles. The van der Waals surface area contributed by atoms with Gasteiger partial charge in [-0.25, -0.2) is 18.3 Å². The summed E-state index contributed by atoms with van der Waals surface area (Å²) in [6, 6.07) is 1.97. The zero-order valence-corrected chi connectivity index (χ0v) is 22.1. The molecule has 2 aromatic heterocycles. The second-order valence-corrected chi connectivity index (χ2v) is 11.9. The number of hydrogen-bond donors (Lipinski definition) is 0. The predicted octanol–water partition coefficient (Wildman–Crippen LogP) is 4.35. The van der Waals surface area contributed by atoms with Crippen molar-refractivity contribution in [3.05, 3.63) is 41.0 Å². The summed E-state index contributed by atoms with van der Waals surface area (Å²) in [5, 5.41) is 4.73. The Bertz CT molecular complexity index is 1310. The number of alkyl halides is 2. The van der Waals surface area contributed by atoms with Crippen molar-refractivity contribution >= 4 is 23.7 Å². The third-order valence-corrected chi connectivity index (χ3v) is 7.78. The van der Waals surface area contributed by atoms with Crippen LogP contribution in [0, 0.1) is 0 Å². The molecule has 0 bridgehead atoms. The van der Waals surface area contributed by atoms with Crippen LogP contribution >= 0.6 is 0 Å². The van der Waals surface area contributed by atoms with E-state index in [0.29, 0.717) is 38.1 Å². The maximum Gasteiger partial charge on any atom is 0.275 e. The predicted molar refractivity (Wildman–Crippen MR) is 136 cm³/mol. The number of piperazine rings is 1. The van der Waals surface area contributed by atoms with Gasteiger partial charge in [0, 0.05) is 43.6 Å². The highest BCUT2D eigenvalue weighted by Gasteiger charge is 2.46. The first kappa shape index (κ1) is 25.5. The van der Waals surface area contributed by atoms with Crippen LogP contribution in [0.25, 0.3) is 5.65 Å². The molecule has 2 amide bonds. The molecule has 3 aliphatic rings. The maximum atomic E-state index is 13.8. The molecular formula is C27H34F2N6O2. The van der Waals surface area contributed by atoms with Crippen molar-refractivity contribution in [1.82, 2.24) is 24.4 Å². The fourth-order valence-electron chi connectivity index (χ4n) is 5.48. The summed E-state index contributed by atoms with van der Waals surface area (Å²) >= 11 is 0. The molecule has 0 radical (unpaired) electrons. The molecule has 5 rings (SSSR count). The van der Waals surface area contributed by atoms with Gasteiger partial charge < -0.3 is 9.80 Å². The van der Waals surface area contributed by atoms with Gasteiger partial charge in [-0.3, -0.25) is 14.6 Å². The number of carbonyl (C=O) groups is 2. The minimum atomic E-state index is -2.61. The molecule has 0 atom stereocenters. The molecule has 198 valence electrons. The highest BCUT2D eigenvalue weighted by Crippen LogP contribution is 2.41. The zero-order chi connectivity index (χ0) is 26.8. The van der Waals surface area contributed by atoms with Crippen molar-refractivity contribution in [2.75, 3.05) is 19.6 Å². The fourth-order valence-corrected chi connectivity index (χ4v) is 5.48. The number of rotatable bonds is 3. The third kappa shape index (κ3) is 4.55. The van der Waals surface area contributed by atoms with E-state index < -0.39 is 11.5 Å². The molecule has 0 spiro atoms. The van der Waals surface area contributed by atoms with E-state index in [9.17, 15) is 18.4 Å². The minimum Gasteiger partial charge on any atom is -0.321 e. The largest absolute Gasteiger partial charge is 0.321 e. The van der Waals surface area contributed by atoms with Crippen molar-refractivity contribution in [2.24, 2.45) is 4.99 Å². The SMILES string of the molecule is CC(C)(C)c1cc(C2CCC(F)(F)CC2)nn2cc(C(=O)N3CCN(C4=CCN=C4)C(=O)C3(C)C)nc12. The number of carbonyl (C=O) groups excluding carboxylic acids is 2. The molecule has 37 heavy (non-hydrogen) atoms. The average molecular weight is 513 g/mol. The van der Waals surface area contributed by atoms with Crippen LogP contribution in [0.3, 0.4) is 0 Å². The minimum absolute atomic E-state index is 0.0651. The van der Waals surface area contributed by atoms with Crippen LogP contribution in [0.1, 0.15) is 88.0 Å². The fraction of sp³-hybridized carbons (Fsp3) is 0.593. The van der Waals surface area contributed by atoms with E-state index in [0.717, 1.165) is 17.0 Å². The third-order valence-electron chi connectivity index (χ3n) is 7.78. The Balaban J connectivity index is 1.47. The molecule has 10 heteroatoms. The normalized spacial score (nSPS) is 22.1. The Hall–Kier alpha value is -3.17. The van der Waals surface area contributed by atoms with Crippen LogP contribution in [0.15, 0.2) is 29.0 Å². The summed E-state index contributed by atoms with van der Waals surface area (Å²) in [7, 11) is 0. The summed E-state index contributed by atoms with van der Waals surface area (Å²) in [5.41, 5.74) is 1.82. The van der Waals surface area contributed by atoms with Gasteiger partial charge in [-0.1, -0.05) is 20.8 Å². The molecule has 2 aliphatic heterocycles. The van der Waals surface area contributed by atoms with Crippen molar-refractivity contribution in [3.8, 4) is 0 Å². The summed E-state index contributed by atoms with van der Waals surface area (Å²) in [5.74, 6) is -3.18. The van der Waals surface area contributed by atoms with Gasteiger partial charge in [0.15, 0.2) is 5.65 Å². The molecular weight excluding hydrogens is 478 g/mol. The van der Waals surface area contributed by atoms with Crippen LogP contribution < -0.4 is 0 Å². The van der Waals surface area contributed by atoms with Gasteiger partial charge in [0.25, 0.3) is 11.8 Å². The van der Waals surface area contributed by atoms with Gasteiger partial charge in [0.05, 0.1) is 24.1 Å². The number of imidazole rings is 1. The molecule has 2 fully saturated rings. The van der Waals surface area contributed by atoms with Crippen LogP contribution in [-0.2, 0) is 10.2 Å². The molecule has 8 nitrogen and oxygen atoms in total. The number of nitrogens with zero attached hydrogens (tertiary/aromatic N) is 6. The summed E-state index contributed by atoms with van der Waals surface area (Å²) < 4.78 is 29.2. The van der Waals surface area contributed by atoms with Crippen LogP contribution in [0.2, 0.25) is 0 Å². The van der Waals surface area contributed by atoms with Gasteiger partial charge in [-0.15, -0.1) is 0 Å². The zero-order valence-electron chi connectivity index (χ0n) is 22.1. The van der Waals surface area contributed by atoms with E-state index in [-0.39, 0.29) is 41.7 Å². The van der Waals surface area contributed by atoms with Gasteiger partial charge in [-0.05, 0) is 44.2 Å². The lowest BCUT2D eigenvalue weighted by Crippen LogP contribution is -2.64. The van der Waals surface area contributed by atoms with E-state index in [1.807, 2.05) is 12.1 Å². The molecule has 4 heterocycles. The van der Waals surface area contributed by atoms with E-state index in [4.69, 9.17) is 5.10 Å². The van der Waals surface area contributed by atoms with Crippen molar-refractivity contribution in [2.45, 2.75) is 83.1 Å². The van der Waals surface area contributed by atoms with E-state index in [1.54, 1.807) is 40.6 Å². The first-order valence-corrected chi connectivity index (χ1v) is 12.9. The Kier molecular flexibility index (Phi) is 5.99. The van der Waals surface area contributed by atoms with Crippen molar-refractivity contribution < 1.29 is 18.4 Å². The van der Waals surface area contributed by atoms with Gasteiger partial charge in [-0.2, -0.15) is 5.10 Å². The summed E-state index contributed by atoms with van der Waals surface area (Å²) in [6.45, 7) is 10.9. The summed E-state index contributed by atoms with van der Waals surface area (Å²) in [4.78, 5) is 39.2. The second kappa shape index (κ2) is 8.70. The van der Waals surface area contributed by atoms with E-state index in [2.05, 4.69) is 30.7 Å². The highest BCUT2D eigenvalue weighted by molar-refractivity contribution is 6.01. The second-order valence-electron chi connectivity index (χ2n) is 11.9. The number of aromatic nitrogens is 3. The smallest absolute Gasteiger partial charge is 0.275 e. The molecule has 0 unspecified atom stereocenters. The highest BCUT2D eigenvalue weighted by atomic mass is 19.3. The van der Waals surface area contributed by atoms with Crippen LogP contribution in [-0.4, -0.2) is 73.5 Å². The first-order valence-electron chi connectivity index (χ1n) is 12.9. The van der Waals surface area contributed by atoms with Crippen molar-refractivity contribution in [1.29, 1.82) is 0 Å². The quantitative estimate of drug-likeness (QED) is 0.612. The number of hydrogen-bond acceptors (Lipinski definition) is 5. The van der Waals surface area contributed by atoms with Crippen LogP contribution in [0.5, 0.6) is 0 Å². The standard InChI is InChI=1S/C27H34F2N6O2/c1-25(2,3)19-14-20(17-6-9-27(28,29)10-7-17)32-35-16-21(31-22(19)35)23(36)34-13-12-33(18-8-11-30-15-18)24(37)26(34,4)5/h8,14-17H,6-7,9-13H2,1-5H3. The lowest BCUT2D eigenvalue weighted by molar-refractivity contribution is -0.143. The maximum absolute atomic E-state index is 13.8. The van der Waals surface area contributed by atoms with E-state index >= 15 is 0 Å². The molecule has 0 N–H and O–H groups in total. The van der Waals surface area contributed by atoms with Crippen molar-refractivity contribution in [3.63, 3.8) is 0 Å². The Morgan fingerprint density at radius 1 is 1.14 bits per heavy atom. The van der Waals surface area contributed by atoms with E-state index in [1.165, 1.54) is 0 Å². The molecule has 1 aliphatic carbocycles. The molecule has 2 aromatic rings. The first-order chi connectivity index (χ1) is 17.3. The number of fused-ring (bicyclic) bond motifs is 1. The van der Waals surface area contributed by atoms with Gasteiger partial charge >= 0.3 is 0 Å². The van der Waals surface area contributed by atoms with Gasteiger partial charge in [0.2, 0.25) is 5.92 Å². The topological polar surface area (TPSA) is 83.2 Å².